The quantitative estimate of drug-likeness (QED) is 0.692. The predicted octanol–water partition coefficient (Wildman–Crippen LogP) is 2.98. The summed E-state index contributed by atoms with van der Waals surface area (Å²) >= 11 is 0. The fourth-order valence-corrected chi connectivity index (χ4v) is 4.64. The number of pyridine rings is 1. The van der Waals surface area contributed by atoms with E-state index in [1.165, 1.54) is 23.2 Å². The van der Waals surface area contributed by atoms with Crippen molar-refractivity contribution in [1.29, 1.82) is 0 Å². The van der Waals surface area contributed by atoms with Gasteiger partial charge in [-0.1, -0.05) is 11.2 Å². The van der Waals surface area contributed by atoms with Crippen molar-refractivity contribution in [3.8, 4) is 11.1 Å². The van der Waals surface area contributed by atoms with Gasteiger partial charge in [-0.2, -0.15) is 0 Å². The third-order valence-corrected chi connectivity index (χ3v) is 6.05. The van der Waals surface area contributed by atoms with Crippen molar-refractivity contribution in [3.63, 3.8) is 0 Å². The molecule has 0 bridgehead atoms. The van der Waals surface area contributed by atoms with Gasteiger partial charge in [-0.05, 0) is 30.7 Å². The number of halogens is 4. The Morgan fingerprint density at radius 2 is 1.94 bits per heavy atom. The van der Waals surface area contributed by atoms with Crippen LogP contribution in [0.15, 0.2) is 35.6 Å². The SMILES string of the molecule is Cc1cc(-c2c(F)cccc2F)c(C2CC(N3C[C@@H](NS(C)(=O)=O)C(F)(F)C3)=NO2)cn1. The van der Waals surface area contributed by atoms with E-state index >= 15 is 0 Å². The first kappa shape index (κ1) is 22.5. The summed E-state index contributed by atoms with van der Waals surface area (Å²) < 4.78 is 82.3. The molecule has 1 aromatic carbocycles. The lowest BCUT2D eigenvalue weighted by Crippen LogP contribution is -2.46. The van der Waals surface area contributed by atoms with Crippen molar-refractivity contribution >= 4 is 15.9 Å². The second kappa shape index (κ2) is 8.00. The summed E-state index contributed by atoms with van der Waals surface area (Å²) in [4.78, 5) is 10.9. The van der Waals surface area contributed by atoms with Crippen LogP contribution in [0.4, 0.5) is 17.6 Å². The van der Waals surface area contributed by atoms with Gasteiger partial charge in [-0.3, -0.25) is 4.98 Å². The molecule has 1 aromatic heterocycles. The number of aryl methyl sites for hydroxylation is 1. The van der Waals surface area contributed by atoms with E-state index in [-0.39, 0.29) is 29.9 Å². The van der Waals surface area contributed by atoms with Crippen molar-refractivity contribution in [3.05, 3.63) is 53.4 Å². The lowest BCUT2D eigenvalue weighted by Gasteiger charge is -2.18. The molecule has 2 aliphatic rings. The number of hydrogen-bond acceptors (Lipinski definition) is 6. The smallest absolute Gasteiger partial charge is 0.282 e. The maximum absolute atomic E-state index is 14.4. The summed E-state index contributed by atoms with van der Waals surface area (Å²) in [5.41, 5.74) is 0.877. The van der Waals surface area contributed by atoms with Crippen molar-refractivity contribution in [2.75, 3.05) is 19.3 Å². The molecule has 12 heteroatoms. The molecule has 0 saturated carbocycles. The van der Waals surface area contributed by atoms with Gasteiger partial charge < -0.3 is 9.74 Å². The van der Waals surface area contributed by atoms with Gasteiger partial charge in [0.2, 0.25) is 10.0 Å². The number of nitrogens with zero attached hydrogens (tertiary/aromatic N) is 3. The van der Waals surface area contributed by atoms with Crippen LogP contribution >= 0.6 is 0 Å². The van der Waals surface area contributed by atoms with E-state index in [0.29, 0.717) is 11.3 Å². The number of alkyl halides is 2. The number of sulfonamides is 1. The Hall–Kier alpha value is -2.73. The molecule has 172 valence electrons. The number of benzene rings is 1. The first-order valence-electron chi connectivity index (χ1n) is 9.68. The maximum Gasteiger partial charge on any atom is 0.282 e. The molecular weight excluding hydrogens is 452 g/mol. The number of oxime groups is 1. The highest BCUT2D eigenvalue weighted by Gasteiger charge is 2.51. The Kier molecular flexibility index (Phi) is 5.61. The standard InChI is InChI=1S/C20H20F4N4O3S/c1-11-6-12(19-14(21)4-3-5-15(19)22)13(8-25-11)16-7-18(26-31-16)28-9-17(20(23,24)10-28)27-32(2,29)30/h3-6,8,16-17,27H,7,9-10H2,1-2H3/t16?,17-/m1/s1. The van der Waals surface area contributed by atoms with E-state index in [9.17, 15) is 26.0 Å². The van der Waals surface area contributed by atoms with E-state index in [2.05, 4.69) is 10.1 Å². The zero-order valence-electron chi connectivity index (χ0n) is 17.1. The average Bonchev–Trinajstić information content (AvgIpc) is 3.25. The summed E-state index contributed by atoms with van der Waals surface area (Å²) in [5.74, 6) is -4.64. The van der Waals surface area contributed by atoms with Crippen LogP contribution in [0, 0.1) is 18.6 Å². The van der Waals surface area contributed by atoms with Crippen LogP contribution in [0.3, 0.4) is 0 Å². The molecule has 0 radical (unpaired) electrons. The third kappa shape index (κ3) is 4.42. The van der Waals surface area contributed by atoms with E-state index < -0.39 is 46.3 Å². The fraction of sp³-hybridized carbons (Fsp3) is 0.400. The normalized spacial score (nSPS) is 22.7. The molecule has 1 N–H and O–H groups in total. The summed E-state index contributed by atoms with van der Waals surface area (Å²) in [6.07, 6.45) is 1.48. The van der Waals surface area contributed by atoms with Gasteiger partial charge in [0.1, 0.15) is 23.5 Å². The molecule has 1 unspecified atom stereocenters. The Bertz CT molecular complexity index is 1170. The second-order valence-corrected chi connectivity index (χ2v) is 9.68. The molecule has 0 amide bonds. The largest absolute Gasteiger partial charge is 0.386 e. The molecule has 2 aliphatic heterocycles. The van der Waals surface area contributed by atoms with Crippen LogP contribution in [0.1, 0.15) is 23.8 Å². The number of aromatic nitrogens is 1. The maximum atomic E-state index is 14.4. The Balaban J connectivity index is 1.58. The van der Waals surface area contributed by atoms with Gasteiger partial charge in [-0.15, -0.1) is 0 Å². The zero-order chi connectivity index (χ0) is 23.3. The summed E-state index contributed by atoms with van der Waals surface area (Å²) in [7, 11) is -3.83. The molecule has 2 atom stereocenters. The van der Waals surface area contributed by atoms with Crippen molar-refractivity contribution < 1.29 is 30.8 Å². The van der Waals surface area contributed by atoms with Crippen LogP contribution in [0.25, 0.3) is 11.1 Å². The lowest BCUT2D eigenvalue weighted by atomic mass is 9.95. The van der Waals surface area contributed by atoms with E-state index in [1.54, 1.807) is 6.92 Å². The number of hydrogen-bond donors (Lipinski definition) is 1. The molecular formula is C20H20F4N4O3S. The van der Waals surface area contributed by atoms with Crippen molar-refractivity contribution in [2.24, 2.45) is 5.16 Å². The van der Waals surface area contributed by atoms with E-state index in [1.807, 2.05) is 4.72 Å². The average molecular weight is 472 g/mol. The lowest BCUT2D eigenvalue weighted by molar-refractivity contribution is -0.00123. The molecule has 7 nitrogen and oxygen atoms in total. The summed E-state index contributed by atoms with van der Waals surface area (Å²) in [5, 5.41) is 3.89. The summed E-state index contributed by atoms with van der Waals surface area (Å²) in [6, 6.07) is 3.44. The minimum Gasteiger partial charge on any atom is -0.386 e. The van der Waals surface area contributed by atoms with Crippen molar-refractivity contribution in [2.45, 2.75) is 31.4 Å². The first-order chi connectivity index (χ1) is 14.9. The van der Waals surface area contributed by atoms with Gasteiger partial charge in [0.15, 0.2) is 6.10 Å². The van der Waals surface area contributed by atoms with Gasteiger partial charge >= 0.3 is 0 Å². The predicted molar refractivity (Wildman–Crippen MR) is 108 cm³/mol. The second-order valence-electron chi connectivity index (χ2n) is 7.90. The number of rotatable bonds is 4. The number of amidine groups is 1. The Labute approximate surface area is 182 Å². The van der Waals surface area contributed by atoms with Gasteiger partial charge in [0, 0.05) is 24.0 Å². The van der Waals surface area contributed by atoms with Crippen molar-refractivity contribution in [1.82, 2.24) is 14.6 Å². The molecule has 3 heterocycles. The molecule has 32 heavy (non-hydrogen) atoms. The summed E-state index contributed by atoms with van der Waals surface area (Å²) in [6.45, 7) is 0.636. The number of nitrogens with one attached hydrogen (secondary N) is 1. The molecule has 0 aliphatic carbocycles. The monoisotopic (exact) mass is 472 g/mol. The molecule has 4 rings (SSSR count). The highest BCUT2D eigenvalue weighted by Crippen LogP contribution is 2.39. The van der Waals surface area contributed by atoms with Crippen LogP contribution in [0.2, 0.25) is 0 Å². The Morgan fingerprint density at radius 3 is 2.59 bits per heavy atom. The van der Waals surface area contributed by atoms with Gasteiger partial charge in [0.25, 0.3) is 5.92 Å². The van der Waals surface area contributed by atoms with E-state index in [4.69, 9.17) is 4.84 Å². The Morgan fingerprint density at radius 1 is 1.25 bits per heavy atom. The van der Waals surface area contributed by atoms with Crippen LogP contribution in [-0.4, -0.2) is 55.4 Å². The van der Waals surface area contributed by atoms with E-state index in [0.717, 1.165) is 18.4 Å². The molecule has 2 aromatic rings. The molecule has 1 fully saturated rings. The highest BCUT2D eigenvalue weighted by atomic mass is 32.2. The van der Waals surface area contributed by atoms with Crippen LogP contribution < -0.4 is 4.72 Å². The minimum atomic E-state index is -3.83. The molecule has 1 saturated heterocycles. The topological polar surface area (TPSA) is 83.9 Å². The van der Waals surface area contributed by atoms with Gasteiger partial charge in [0.05, 0.1) is 24.8 Å². The molecule has 0 spiro atoms. The highest BCUT2D eigenvalue weighted by molar-refractivity contribution is 7.88. The van der Waals surface area contributed by atoms with Gasteiger partial charge in [-0.25, -0.2) is 30.7 Å². The van der Waals surface area contributed by atoms with Crippen LogP contribution in [0.5, 0.6) is 0 Å². The zero-order valence-corrected chi connectivity index (χ0v) is 18.0. The first-order valence-corrected chi connectivity index (χ1v) is 11.6. The number of likely N-dealkylation sites (tertiary alicyclic amines) is 1. The third-order valence-electron chi connectivity index (χ3n) is 5.34. The van der Waals surface area contributed by atoms with Crippen LogP contribution in [-0.2, 0) is 14.9 Å². The fourth-order valence-electron chi connectivity index (χ4n) is 3.88. The minimum absolute atomic E-state index is 0.0511.